The summed E-state index contributed by atoms with van der Waals surface area (Å²) in [5.74, 6) is -3.27. The van der Waals surface area contributed by atoms with E-state index in [0.29, 0.717) is 17.3 Å². The predicted molar refractivity (Wildman–Crippen MR) is 101 cm³/mol. The van der Waals surface area contributed by atoms with Gasteiger partial charge in [0.15, 0.2) is 17.4 Å². The van der Waals surface area contributed by atoms with Crippen molar-refractivity contribution in [2.24, 2.45) is 0 Å². The molecule has 28 heavy (non-hydrogen) atoms. The van der Waals surface area contributed by atoms with Crippen LogP contribution in [0, 0.1) is 11.6 Å². The number of rotatable bonds is 7. The highest BCUT2D eigenvalue weighted by Crippen LogP contribution is 2.30. The van der Waals surface area contributed by atoms with E-state index in [0.717, 1.165) is 6.07 Å². The Morgan fingerprint density at radius 3 is 2.82 bits per heavy atom. The second-order valence-electron chi connectivity index (χ2n) is 5.89. The molecule has 10 heteroatoms. The molecule has 0 fully saturated rings. The van der Waals surface area contributed by atoms with Crippen LogP contribution in [0.25, 0.3) is 10.9 Å². The molecule has 146 valence electrons. The number of hydrogen-bond acceptors (Lipinski definition) is 4. The van der Waals surface area contributed by atoms with E-state index in [9.17, 15) is 17.8 Å². The molecule has 0 aliphatic rings. The van der Waals surface area contributed by atoms with Crippen LogP contribution in [0.4, 0.5) is 8.78 Å². The largest absolute Gasteiger partial charge is 0.294 e. The highest BCUT2D eigenvalue weighted by molar-refractivity contribution is 7.77. The number of aromatic nitrogens is 2. The Hall–Kier alpha value is -2.33. The number of carbonyl (C=O) groups excluding carboxylic acids is 1. The average molecular weight is 426 g/mol. The molecule has 0 spiro atoms. The van der Waals surface area contributed by atoms with Gasteiger partial charge in [-0.05, 0) is 42.7 Å². The summed E-state index contributed by atoms with van der Waals surface area (Å²) < 4.78 is 50.0. The number of nitrogens with zero attached hydrogens (tertiary/aromatic N) is 2. The molecule has 3 aromatic rings. The van der Waals surface area contributed by atoms with Gasteiger partial charge in [-0.15, -0.1) is 0 Å². The molecule has 0 aliphatic carbocycles. The minimum atomic E-state index is -2.17. The highest BCUT2D eigenvalue weighted by atomic mass is 35.5. The molecule has 0 amide bonds. The van der Waals surface area contributed by atoms with Gasteiger partial charge < -0.3 is 0 Å². The maximum absolute atomic E-state index is 14.4. The van der Waals surface area contributed by atoms with Crippen LogP contribution in [0.2, 0.25) is 5.02 Å². The number of fused-ring (bicyclic) bond motifs is 1. The van der Waals surface area contributed by atoms with Crippen molar-refractivity contribution in [1.82, 2.24) is 14.7 Å². The molecule has 6 nitrogen and oxygen atoms in total. The van der Waals surface area contributed by atoms with Crippen LogP contribution in [0.1, 0.15) is 27.9 Å². The lowest BCUT2D eigenvalue weighted by Crippen LogP contribution is -2.18. The fraction of sp³-hybridized carbons (Fsp3) is 0.167. The molecule has 1 atom stereocenters. The first-order valence-electron chi connectivity index (χ1n) is 8.13. The summed E-state index contributed by atoms with van der Waals surface area (Å²) >= 11 is 4.04. The number of halogens is 3. The predicted octanol–water partition coefficient (Wildman–Crippen LogP) is 3.45. The number of hydrogen-bond donors (Lipinski definition) is 2. The third kappa shape index (κ3) is 4.39. The molecule has 1 aromatic heterocycles. The maximum atomic E-state index is 14.4. The summed E-state index contributed by atoms with van der Waals surface area (Å²) in [6, 6.07) is 5.45. The Morgan fingerprint density at radius 1 is 1.29 bits per heavy atom. The second-order valence-corrected chi connectivity index (χ2v) is 7.06. The van der Waals surface area contributed by atoms with Crippen molar-refractivity contribution in [1.29, 1.82) is 0 Å². The third-order valence-electron chi connectivity index (χ3n) is 4.07. The SMILES string of the molecule is O=C(c1ccc2ncncc2c1)c1c(F)c(F)cc(CCCNS(=O)O)c1Cl. The van der Waals surface area contributed by atoms with Crippen molar-refractivity contribution in [3.05, 3.63) is 70.1 Å². The van der Waals surface area contributed by atoms with E-state index in [-0.39, 0.29) is 29.1 Å². The summed E-state index contributed by atoms with van der Waals surface area (Å²) in [5.41, 5.74) is 0.411. The Balaban J connectivity index is 1.94. The van der Waals surface area contributed by atoms with Gasteiger partial charge in [0, 0.05) is 23.7 Å². The summed E-state index contributed by atoms with van der Waals surface area (Å²) in [6.07, 6.45) is 3.39. The molecule has 1 unspecified atom stereocenters. The summed E-state index contributed by atoms with van der Waals surface area (Å²) in [6.45, 7) is 0.159. The van der Waals surface area contributed by atoms with E-state index in [1.807, 2.05) is 0 Å². The lowest BCUT2D eigenvalue weighted by molar-refractivity contribution is 0.103. The van der Waals surface area contributed by atoms with Gasteiger partial charge in [0.25, 0.3) is 0 Å². The smallest absolute Gasteiger partial charge is 0.231 e. The molecule has 0 radical (unpaired) electrons. The summed E-state index contributed by atoms with van der Waals surface area (Å²) in [7, 11) is 0. The van der Waals surface area contributed by atoms with Crippen LogP contribution < -0.4 is 4.72 Å². The van der Waals surface area contributed by atoms with Crippen molar-refractivity contribution in [3.8, 4) is 0 Å². The molecule has 3 rings (SSSR count). The zero-order valence-corrected chi connectivity index (χ0v) is 15.9. The Kier molecular flexibility index (Phi) is 6.40. The molecule has 2 aromatic carbocycles. The van der Waals surface area contributed by atoms with Crippen molar-refractivity contribution >= 4 is 39.6 Å². The van der Waals surface area contributed by atoms with Crippen molar-refractivity contribution in [2.75, 3.05) is 6.54 Å². The van der Waals surface area contributed by atoms with Crippen LogP contribution in [0.3, 0.4) is 0 Å². The quantitative estimate of drug-likeness (QED) is 0.262. The average Bonchev–Trinajstić information content (AvgIpc) is 2.68. The van der Waals surface area contributed by atoms with Gasteiger partial charge in [0.1, 0.15) is 6.33 Å². The number of carbonyl (C=O) groups is 1. The van der Waals surface area contributed by atoms with E-state index in [1.54, 1.807) is 6.07 Å². The Bertz CT molecular complexity index is 1080. The van der Waals surface area contributed by atoms with Gasteiger partial charge in [-0.1, -0.05) is 11.6 Å². The van der Waals surface area contributed by atoms with E-state index in [2.05, 4.69) is 14.7 Å². The number of aryl methyl sites for hydroxylation is 1. The van der Waals surface area contributed by atoms with Crippen LogP contribution >= 0.6 is 11.6 Å². The van der Waals surface area contributed by atoms with Gasteiger partial charge in [-0.3, -0.25) is 9.35 Å². The van der Waals surface area contributed by atoms with Crippen molar-refractivity contribution in [2.45, 2.75) is 12.8 Å². The molecular weight excluding hydrogens is 412 g/mol. The first-order valence-corrected chi connectivity index (χ1v) is 9.62. The van der Waals surface area contributed by atoms with E-state index in [1.165, 1.54) is 24.7 Å². The van der Waals surface area contributed by atoms with Gasteiger partial charge in [0.05, 0.1) is 16.1 Å². The van der Waals surface area contributed by atoms with Gasteiger partial charge in [-0.25, -0.2) is 27.7 Å². The van der Waals surface area contributed by atoms with Gasteiger partial charge in [-0.2, -0.15) is 0 Å². The maximum Gasteiger partial charge on any atom is 0.231 e. The summed E-state index contributed by atoms with van der Waals surface area (Å²) in [4.78, 5) is 20.8. The molecule has 0 saturated carbocycles. The van der Waals surface area contributed by atoms with E-state index in [4.69, 9.17) is 16.2 Å². The molecule has 0 aliphatic heterocycles. The van der Waals surface area contributed by atoms with Crippen LogP contribution in [-0.2, 0) is 17.7 Å². The monoisotopic (exact) mass is 425 g/mol. The number of ketones is 1. The fourth-order valence-electron chi connectivity index (χ4n) is 2.75. The topological polar surface area (TPSA) is 92.2 Å². The molecule has 2 N–H and O–H groups in total. The zero-order chi connectivity index (χ0) is 20.3. The lowest BCUT2D eigenvalue weighted by atomic mass is 9.97. The highest BCUT2D eigenvalue weighted by Gasteiger charge is 2.24. The Labute approximate surface area is 166 Å². The first kappa shape index (κ1) is 20.4. The number of benzene rings is 2. The minimum Gasteiger partial charge on any atom is -0.294 e. The van der Waals surface area contributed by atoms with Crippen molar-refractivity contribution < 1.29 is 22.3 Å². The fourth-order valence-corrected chi connectivity index (χ4v) is 3.38. The van der Waals surface area contributed by atoms with Crippen molar-refractivity contribution in [3.63, 3.8) is 0 Å². The van der Waals surface area contributed by atoms with E-state index < -0.39 is 34.2 Å². The summed E-state index contributed by atoms with van der Waals surface area (Å²) in [5, 5.41) is 0.392. The van der Waals surface area contributed by atoms with Crippen LogP contribution in [0.5, 0.6) is 0 Å². The first-order chi connectivity index (χ1) is 13.4. The molecule has 0 bridgehead atoms. The standard InChI is InChI=1S/C18H14ClF2N3O3S/c19-16-10(2-1-5-24-28(26)27)7-13(20)17(21)15(16)18(25)11-3-4-14-12(6-11)8-22-9-23-14/h3-4,6-9,24H,1-2,5H2,(H,26,27). The normalized spacial score (nSPS) is 12.3. The molecule has 1 heterocycles. The van der Waals surface area contributed by atoms with Gasteiger partial charge in [0.2, 0.25) is 11.3 Å². The minimum absolute atomic E-state index is 0.122. The lowest BCUT2D eigenvalue weighted by Gasteiger charge is -2.12. The van der Waals surface area contributed by atoms with Crippen LogP contribution in [-0.4, -0.2) is 31.1 Å². The molecular formula is C18H14ClF2N3O3S. The van der Waals surface area contributed by atoms with Gasteiger partial charge >= 0.3 is 0 Å². The van der Waals surface area contributed by atoms with E-state index >= 15 is 0 Å². The number of nitrogens with one attached hydrogen (secondary N) is 1. The zero-order valence-electron chi connectivity index (χ0n) is 14.3. The Morgan fingerprint density at radius 2 is 2.07 bits per heavy atom. The second kappa shape index (κ2) is 8.78. The third-order valence-corrected chi connectivity index (χ3v) is 4.96. The van der Waals surface area contributed by atoms with Crippen LogP contribution in [0.15, 0.2) is 36.8 Å². The molecule has 0 saturated heterocycles.